The van der Waals surface area contributed by atoms with E-state index in [-0.39, 0.29) is 5.78 Å². The van der Waals surface area contributed by atoms with Gasteiger partial charge in [-0.2, -0.15) is 0 Å². The molecule has 1 amide bonds. The molecular weight excluding hydrogens is 122 g/mol. The minimum atomic E-state index is -1.17. The molecule has 0 saturated carbocycles. The zero-order valence-corrected chi connectivity index (χ0v) is 4.92. The van der Waals surface area contributed by atoms with E-state index in [0.29, 0.717) is 0 Å². The maximum Gasteiger partial charge on any atom is 0.408 e. The number of carbonyl (C=O) groups excluding carboxylic acids is 1. The molecule has 2 N–H and O–H groups in total. The van der Waals surface area contributed by atoms with E-state index in [9.17, 15) is 9.59 Å². The van der Waals surface area contributed by atoms with Crippen LogP contribution < -0.4 is 5.32 Å². The first kappa shape index (κ1) is 7.68. The predicted molar refractivity (Wildman–Crippen MR) is 31.0 cm³/mol. The quantitative estimate of drug-likeness (QED) is 0.529. The van der Waals surface area contributed by atoms with Gasteiger partial charge < -0.3 is 5.11 Å². The molecule has 9 heavy (non-hydrogen) atoms. The molecule has 0 radical (unpaired) electrons. The zero-order valence-electron chi connectivity index (χ0n) is 4.92. The summed E-state index contributed by atoms with van der Waals surface area (Å²) in [6, 6.07) is 0. The molecule has 0 heterocycles. The molecule has 0 bridgehead atoms. The first-order valence-electron chi connectivity index (χ1n) is 2.29. The number of carboxylic acid groups (broad SMARTS) is 1. The van der Waals surface area contributed by atoms with Crippen LogP contribution in [0.4, 0.5) is 4.79 Å². The number of ketones is 1. The average molecular weight is 129 g/mol. The second-order valence-corrected chi connectivity index (χ2v) is 1.39. The monoisotopic (exact) mass is 129 g/mol. The summed E-state index contributed by atoms with van der Waals surface area (Å²) in [6.45, 7) is 1.33. The van der Waals surface area contributed by atoms with Gasteiger partial charge in [0, 0.05) is 6.20 Å². The number of hydrogen-bond donors (Lipinski definition) is 2. The van der Waals surface area contributed by atoms with Crippen molar-refractivity contribution in [3.05, 3.63) is 12.3 Å². The van der Waals surface area contributed by atoms with Gasteiger partial charge in [0.15, 0.2) is 5.78 Å². The van der Waals surface area contributed by atoms with Gasteiger partial charge in [-0.15, -0.1) is 0 Å². The third-order valence-corrected chi connectivity index (χ3v) is 0.525. The van der Waals surface area contributed by atoms with Crippen molar-refractivity contribution in [2.75, 3.05) is 0 Å². The SMILES string of the molecule is CC(=O)C=CNC(=O)O. The standard InChI is InChI=1S/C5H7NO3/c1-4(7)2-3-6-5(8)9/h2-3,6H,1H3,(H,8,9). The molecule has 0 spiro atoms. The smallest absolute Gasteiger partial charge is 0.408 e. The Bertz CT molecular complexity index is 150. The van der Waals surface area contributed by atoms with E-state index in [1.54, 1.807) is 0 Å². The van der Waals surface area contributed by atoms with Crippen molar-refractivity contribution in [3.63, 3.8) is 0 Å². The van der Waals surface area contributed by atoms with Crippen LogP contribution in [0.15, 0.2) is 12.3 Å². The summed E-state index contributed by atoms with van der Waals surface area (Å²) in [5.74, 6) is -0.191. The van der Waals surface area contributed by atoms with Crippen molar-refractivity contribution in [3.8, 4) is 0 Å². The predicted octanol–water partition coefficient (Wildman–Crippen LogP) is 0.357. The van der Waals surface area contributed by atoms with Crippen LogP contribution in [0.3, 0.4) is 0 Å². The van der Waals surface area contributed by atoms with Crippen molar-refractivity contribution in [1.82, 2.24) is 5.32 Å². The van der Waals surface area contributed by atoms with Crippen molar-refractivity contribution in [1.29, 1.82) is 0 Å². The number of carbonyl (C=O) groups is 2. The second kappa shape index (κ2) is 3.65. The lowest BCUT2D eigenvalue weighted by Gasteiger charge is -1.85. The van der Waals surface area contributed by atoms with Gasteiger partial charge in [-0.1, -0.05) is 0 Å². The van der Waals surface area contributed by atoms with Crippen molar-refractivity contribution in [2.45, 2.75) is 6.92 Å². The van der Waals surface area contributed by atoms with E-state index < -0.39 is 6.09 Å². The summed E-state index contributed by atoms with van der Waals surface area (Å²) in [5.41, 5.74) is 0. The van der Waals surface area contributed by atoms with Crippen LogP contribution in [0.25, 0.3) is 0 Å². The van der Waals surface area contributed by atoms with Gasteiger partial charge in [0.05, 0.1) is 0 Å². The molecule has 0 rings (SSSR count). The van der Waals surface area contributed by atoms with Crippen LogP contribution in [-0.2, 0) is 4.79 Å². The Labute approximate surface area is 52.2 Å². The van der Waals surface area contributed by atoms with E-state index in [2.05, 4.69) is 0 Å². The summed E-state index contributed by atoms with van der Waals surface area (Å²) in [7, 11) is 0. The van der Waals surface area contributed by atoms with Gasteiger partial charge in [-0.05, 0) is 13.0 Å². The highest BCUT2D eigenvalue weighted by Crippen LogP contribution is 1.70. The van der Waals surface area contributed by atoms with Gasteiger partial charge in [0.1, 0.15) is 0 Å². The third-order valence-electron chi connectivity index (χ3n) is 0.525. The highest BCUT2D eigenvalue weighted by Gasteiger charge is 1.85. The Balaban J connectivity index is 3.48. The zero-order chi connectivity index (χ0) is 7.28. The van der Waals surface area contributed by atoms with E-state index in [0.717, 1.165) is 12.3 Å². The number of amides is 1. The summed E-state index contributed by atoms with van der Waals surface area (Å²) in [4.78, 5) is 19.8. The molecule has 0 aliphatic carbocycles. The molecule has 0 saturated heterocycles. The van der Waals surface area contributed by atoms with Crippen LogP contribution in [0, 0.1) is 0 Å². The van der Waals surface area contributed by atoms with Gasteiger partial charge in [-0.25, -0.2) is 4.79 Å². The number of hydrogen-bond acceptors (Lipinski definition) is 2. The molecule has 50 valence electrons. The lowest BCUT2D eigenvalue weighted by atomic mass is 10.4. The van der Waals surface area contributed by atoms with Gasteiger partial charge in [-0.3, -0.25) is 10.1 Å². The number of rotatable bonds is 2. The minimum Gasteiger partial charge on any atom is -0.465 e. The minimum absolute atomic E-state index is 0.191. The van der Waals surface area contributed by atoms with Crippen LogP contribution >= 0.6 is 0 Å². The maximum atomic E-state index is 10.1. The molecule has 4 heteroatoms. The summed E-state index contributed by atoms with van der Waals surface area (Å²) < 4.78 is 0. The average Bonchev–Trinajstić information content (AvgIpc) is 1.63. The molecule has 4 nitrogen and oxygen atoms in total. The second-order valence-electron chi connectivity index (χ2n) is 1.39. The lowest BCUT2D eigenvalue weighted by molar-refractivity contribution is -0.112. The normalized spacial score (nSPS) is 9.44. The molecule has 0 aromatic rings. The fourth-order valence-electron chi connectivity index (χ4n) is 0.230. The Morgan fingerprint density at radius 1 is 1.56 bits per heavy atom. The van der Waals surface area contributed by atoms with Gasteiger partial charge in [0.25, 0.3) is 0 Å². The van der Waals surface area contributed by atoms with Crippen molar-refractivity contribution in [2.24, 2.45) is 0 Å². The van der Waals surface area contributed by atoms with Crippen LogP contribution in [0.2, 0.25) is 0 Å². The van der Waals surface area contributed by atoms with Gasteiger partial charge >= 0.3 is 6.09 Å². The number of allylic oxidation sites excluding steroid dienone is 1. The summed E-state index contributed by atoms with van der Waals surface area (Å²) >= 11 is 0. The highest BCUT2D eigenvalue weighted by atomic mass is 16.4. The fraction of sp³-hybridized carbons (Fsp3) is 0.200. The largest absolute Gasteiger partial charge is 0.465 e. The molecule has 0 aromatic heterocycles. The van der Waals surface area contributed by atoms with Crippen LogP contribution in [0.5, 0.6) is 0 Å². The molecule has 0 aromatic carbocycles. The van der Waals surface area contributed by atoms with Crippen LogP contribution in [0.1, 0.15) is 6.92 Å². The lowest BCUT2D eigenvalue weighted by Crippen LogP contribution is -2.13. The Hall–Kier alpha value is -1.32. The van der Waals surface area contributed by atoms with E-state index in [1.807, 2.05) is 5.32 Å². The first-order chi connectivity index (χ1) is 4.13. The highest BCUT2D eigenvalue weighted by molar-refractivity contribution is 5.87. The Morgan fingerprint density at radius 2 is 2.11 bits per heavy atom. The van der Waals surface area contributed by atoms with Crippen LogP contribution in [-0.4, -0.2) is 17.0 Å². The fourth-order valence-corrected chi connectivity index (χ4v) is 0.230. The summed E-state index contributed by atoms with van der Waals surface area (Å²) in [5, 5.41) is 9.84. The molecule has 0 aliphatic heterocycles. The van der Waals surface area contributed by atoms with E-state index >= 15 is 0 Å². The van der Waals surface area contributed by atoms with Crippen molar-refractivity contribution >= 4 is 11.9 Å². The maximum absolute atomic E-state index is 10.1. The molecule has 0 atom stereocenters. The first-order valence-corrected chi connectivity index (χ1v) is 2.29. The Kier molecular flexibility index (Phi) is 3.12. The molecule has 0 fully saturated rings. The molecule has 0 aliphatic rings. The van der Waals surface area contributed by atoms with Crippen molar-refractivity contribution < 1.29 is 14.7 Å². The number of nitrogens with one attached hydrogen (secondary N) is 1. The third kappa shape index (κ3) is 6.68. The van der Waals surface area contributed by atoms with Gasteiger partial charge in [0.2, 0.25) is 0 Å². The Morgan fingerprint density at radius 3 is 2.44 bits per heavy atom. The molecule has 0 unspecified atom stereocenters. The topological polar surface area (TPSA) is 66.4 Å². The molecular formula is C5H7NO3. The van der Waals surface area contributed by atoms with E-state index in [1.165, 1.54) is 6.92 Å². The summed E-state index contributed by atoms with van der Waals surface area (Å²) in [6.07, 6.45) is 1.03. The van der Waals surface area contributed by atoms with E-state index in [4.69, 9.17) is 5.11 Å².